The van der Waals surface area contributed by atoms with Gasteiger partial charge >= 0.3 is 0 Å². The van der Waals surface area contributed by atoms with Gasteiger partial charge in [0.15, 0.2) is 0 Å². The average Bonchev–Trinajstić information content (AvgIpc) is 2.57. The summed E-state index contributed by atoms with van der Waals surface area (Å²) in [6, 6.07) is 4.24. The lowest BCUT2D eigenvalue weighted by Crippen LogP contribution is -1.93. The zero-order valence-electron chi connectivity index (χ0n) is 8.24. The second-order valence-electron chi connectivity index (χ2n) is 3.37. The normalized spacial score (nSPS) is 10.4. The van der Waals surface area contributed by atoms with Crippen molar-refractivity contribution in [2.75, 3.05) is 5.73 Å². The Balaban J connectivity index is 2.47. The van der Waals surface area contributed by atoms with Gasteiger partial charge in [-0.25, -0.2) is 4.98 Å². The molecule has 0 saturated heterocycles. The molecule has 0 aliphatic carbocycles. The Morgan fingerprint density at radius 1 is 1.21 bits per heavy atom. The molecule has 0 unspecified atom stereocenters. The van der Waals surface area contributed by atoms with Gasteiger partial charge in [-0.05, 0) is 42.5 Å². The van der Waals surface area contributed by atoms with Crippen LogP contribution < -0.4 is 5.73 Å². The summed E-state index contributed by atoms with van der Waals surface area (Å²) in [5.41, 5.74) is 9.06. The second kappa shape index (κ2) is 3.42. The largest absolute Gasteiger partial charge is 0.383 e. The average molecular weight is 204 g/mol. The molecule has 72 valence electrons. The maximum Gasteiger partial charge on any atom is 0.126 e. The van der Waals surface area contributed by atoms with Gasteiger partial charge in [-0.1, -0.05) is 0 Å². The van der Waals surface area contributed by atoms with E-state index in [9.17, 15) is 0 Å². The third-order valence-corrected chi connectivity index (χ3v) is 3.04. The summed E-state index contributed by atoms with van der Waals surface area (Å²) in [6.45, 7) is 4.08. The van der Waals surface area contributed by atoms with Crippen LogP contribution in [0, 0.1) is 13.8 Å². The Labute approximate surface area is 87.4 Å². The number of thiophene rings is 1. The second-order valence-corrected chi connectivity index (χ2v) is 4.49. The summed E-state index contributed by atoms with van der Waals surface area (Å²) in [6.07, 6.45) is 1.82. The molecule has 0 fully saturated rings. The maximum absolute atomic E-state index is 5.66. The van der Waals surface area contributed by atoms with Crippen LogP contribution in [0.5, 0.6) is 0 Å². The van der Waals surface area contributed by atoms with Crippen molar-refractivity contribution >= 4 is 17.2 Å². The molecule has 0 aromatic carbocycles. The van der Waals surface area contributed by atoms with Gasteiger partial charge in [-0.2, -0.15) is 0 Å². The molecular weight excluding hydrogens is 192 g/mol. The molecule has 2 nitrogen and oxygen atoms in total. The van der Waals surface area contributed by atoms with Crippen LogP contribution in [-0.4, -0.2) is 4.98 Å². The van der Waals surface area contributed by atoms with E-state index in [0.717, 1.165) is 11.1 Å². The van der Waals surface area contributed by atoms with E-state index in [4.69, 9.17) is 5.73 Å². The fraction of sp³-hybridized carbons (Fsp3) is 0.182. The highest BCUT2D eigenvalue weighted by molar-refractivity contribution is 7.10. The van der Waals surface area contributed by atoms with E-state index in [-0.39, 0.29) is 0 Å². The van der Waals surface area contributed by atoms with E-state index in [2.05, 4.69) is 29.4 Å². The molecule has 0 aliphatic heterocycles. The smallest absolute Gasteiger partial charge is 0.126 e. The molecule has 0 spiro atoms. The van der Waals surface area contributed by atoms with Crippen LogP contribution in [0.25, 0.3) is 11.1 Å². The number of nitrogen functional groups attached to an aromatic ring is 1. The van der Waals surface area contributed by atoms with Gasteiger partial charge in [0.05, 0.1) is 0 Å². The summed E-state index contributed by atoms with van der Waals surface area (Å²) in [7, 11) is 0. The lowest BCUT2D eigenvalue weighted by Gasteiger charge is -2.01. The first-order chi connectivity index (χ1) is 6.66. The number of hydrogen-bond acceptors (Lipinski definition) is 3. The minimum absolute atomic E-state index is 0.612. The summed E-state index contributed by atoms with van der Waals surface area (Å²) < 4.78 is 0. The Morgan fingerprint density at radius 3 is 2.57 bits per heavy atom. The zero-order chi connectivity index (χ0) is 10.1. The number of pyridine rings is 1. The third kappa shape index (κ3) is 1.63. The van der Waals surface area contributed by atoms with Crippen molar-refractivity contribution in [1.82, 2.24) is 4.98 Å². The van der Waals surface area contributed by atoms with Crippen molar-refractivity contribution in [3.63, 3.8) is 0 Å². The molecule has 2 aromatic rings. The summed E-state index contributed by atoms with van der Waals surface area (Å²) >= 11 is 1.75. The highest BCUT2D eigenvalue weighted by atomic mass is 32.1. The number of nitrogens with two attached hydrogens (primary N) is 1. The molecule has 0 bridgehead atoms. The van der Waals surface area contributed by atoms with Crippen LogP contribution in [-0.2, 0) is 0 Å². The minimum Gasteiger partial charge on any atom is -0.383 e. The fourth-order valence-corrected chi connectivity index (χ4v) is 2.05. The number of nitrogens with zero attached hydrogens (tertiary/aromatic N) is 1. The van der Waals surface area contributed by atoms with E-state index in [0.29, 0.717) is 5.82 Å². The highest BCUT2D eigenvalue weighted by Crippen LogP contribution is 2.26. The van der Waals surface area contributed by atoms with Crippen molar-refractivity contribution in [2.24, 2.45) is 0 Å². The molecule has 2 aromatic heterocycles. The molecule has 0 amide bonds. The summed E-state index contributed by atoms with van der Waals surface area (Å²) in [5, 5.41) is 2.14. The van der Waals surface area contributed by atoms with Crippen LogP contribution >= 0.6 is 11.3 Å². The maximum atomic E-state index is 5.66. The van der Waals surface area contributed by atoms with Crippen LogP contribution in [0.1, 0.15) is 10.4 Å². The summed E-state index contributed by atoms with van der Waals surface area (Å²) in [4.78, 5) is 5.46. The minimum atomic E-state index is 0.612. The fourth-order valence-electron chi connectivity index (χ4n) is 1.34. The Hall–Kier alpha value is -1.35. The molecule has 0 saturated carbocycles. The quantitative estimate of drug-likeness (QED) is 0.775. The molecule has 3 heteroatoms. The van der Waals surface area contributed by atoms with Gasteiger partial charge in [-0.15, -0.1) is 11.3 Å². The lowest BCUT2D eigenvalue weighted by molar-refractivity contribution is 1.28. The van der Waals surface area contributed by atoms with Crippen LogP contribution in [0.15, 0.2) is 23.7 Å². The molecule has 0 aliphatic rings. The molecule has 14 heavy (non-hydrogen) atoms. The lowest BCUT2D eigenvalue weighted by atomic mass is 10.1. The predicted octanol–water partition coefficient (Wildman–Crippen LogP) is 3.01. The number of aryl methyl sites for hydroxylation is 2. The van der Waals surface area contributed by atoms with E-state index < -0.39 is 0 Å². The topological polar surface area (TPSA) is 38.9 Å². The number of hydrogen-bond donors (Lipinski definition) is 1. The molecular formula is C11H12N2S. The van der Waals surface area contributed by atoms with E-state index >= 15 is 0 Å². The van der Waals surface area contributed by atoms with Crippen LogP contribution in [0.3, 0.4) is 0 Å². The van der Waals surface area contributed by atoms with Crippen molar-refractivity contribution in [1.29, 1.82) is 0 Å². The molecule has 2 rings (SSSR count). The van der Waals surface area contributed by atoms with Gasteiger partial charge < -0.3 is 5.73 Å². The van der Waals surface area contributed by atoms with Crippen molar-refractivity contribution in [3.8, 4) is 11.1 Å². The van der Waals surface area contributed by atoms with Crippen LogP contribution in [0.4, 0.5) is 5.82 Å². The van der Waals surface area contributed by atoms with Gasteiger partial charge in [-0.3, -0.25) is 0 Å². The van der Waals surface area contributed by atoms with Gasteiger partial charge in [0, 0.05) is 16.6 Å². The Morgan fingerprint density at radius 2 is 2.00 bits per heavy atom. The predicted molar refractivity (Wildman–Crippen MR) is 61.4 cm³/mol. The molecule has 2 N–H and O–H groups in total. The van der Waals surface area contributed by atoms with E-state index in [1.54, 1.807) is 11.3 Å². The number of aromatic nitrogens is 1. The Bertz CT molecular complexity index is 460. The van der Waals surface area contributed by atoms with E-state index in [1.165, 1.54) is 10.4 Å². The molecule has 0 radical (unpaired) electrons. The van der Waals surface area contributed by atoms with Gasteiger partial charge in [0.1, 0.15) is 5.82 Å². The number of anilines is 1. The Kier molecular flexibility index (Phi) is 2.25. The molecule has 0 atom stereocenters. The monoisotopic (exact) mass is 204 g/mol. The first-order valence-electron chi connectivity index (χ1n) is 4.44. The first-order valence-corrected chi connectivity index (χ1v) is 5.32. The van der Waals surface area contributed by atoms with Gasteiger partial charge in [0.2, 0.25) is 0 Å². The zero-order valence-corrected chi connectivity index (χ0v) is 9.06. The standard InChI is InChI=1S/C11H12N2S/c1-7-3-9(5-13-11(7)12)10-4-8(2)14-6-10/h3-6H,1-2H3,(H2,12,13). The van der Waals surface area contributed by atoms with Crippen molar-refractivity contribution in [2.45, 2.75) is 13.8 Å². The highest BCUT2D eigenvalue weighted by Gasteiger charge is 2.02. The van der Waals surface area contributed by atoms with Crippen molar-refractivity contribution < 1.29 is 0 Å². The van der Waals surface area contributed by atoms with Gasteiger partial charge in [0.25, 0.3) is 0 Å². The molecule has 2 heterocycles. The first kappa shape index (κ1) is 9.21. The number of rotatable bonds is 1. The summed E-state index contributed by atoms with van der Waals surface area (Å²) in [5.74, 6) is 0.612. The van der Waals surface area contributed by atoms with Crippen molar-refractivity contribution in [3.05, 3.63) is 34.2 Å². The SMILES string of the molecule is Cc1cc(-c2cnc(N)c(C)c2)cs1. The van der Waals surface area contributed by atoms with E-state index in [1.807, 2.05) is 13.1 Å². The third-order valence-electron chi connectivity index (χ3n) is 2.18. The van der Waals surface area contributed by atoms with Crippen LogP contribution in [0.2, 0.25) is 0 Å².